The van der Waals surface area contributed by atoms with E-state index in [9.17, 15) is 5.26 Å². The third kappa shape index (κ3) is 2.08. The molecule has 0 aromatic carbocycles. The maximum atomic E-state index is 9.47. The van der Waals surface area contributed by atoms with Gasteiger partial charge < -0.3 is 4.74 Å². The van der Waals surface area contributed by atoms with E-state index < -0.39 is 0 Å². The van der Waals surface area contributed by atoms with E-state index in [1.165, 1.54) is 19.4 Å². The number of hydrogen-bond donors (Lipinski definition) is 1. The first-order valence-corrected chi connectivity index (χ1v) is 6.22. The first-order valence-electron chi connectivity index (χ1n) is 6.22. The minimum Gasteiger partial charge on any atom is -0.383 e. The molecule has 2 rings (SSSR count). The third-order valence-corrected chi connectivity index (χ3v) is 3.92. The Morgan fingerprint density at radius 3 is 3.12 bits per heavy atom. The van der Waals surface area contributed by atoms with Crippen molar-refractivity contribution in [2.45, 2.75) is 37.3 Å². The van der Waals surface area contributed by atoms with Gasteiger partial charge in [-0.15, -0.1) is 0 Å². The molecule has 4 nitrogen and oxygen atoms in total. The molecule has 2 heterocycles. The Hall–Kier alpha value is -0.630. The Bertz CT molecular complexity index is 276. The number of rotatable bonds is 4. The van der Waals surface area contributed by atoms with Crippen LogP contribution >= 0.6 is 0 Å². The second kappa shape index (κ2) is 5.13. The molecule has 0 saturated carbocycles. The number of fused-ring (bicyclic) bond motifs is 1. The number of ether oxygens (including phenoxy) is 1. The normalized spacial score (nSPS) is 34.6. The molecule has 1 N–H and O–H groups in total. The molecule has 90 valence electrons. The second-order valence-electron chi connectivity index (χ2n) is 4.80. The van der Waals surface area contributed by atoms with E-state index in [0.717, 1.165) is 25.9 Å². The molecule has 0 aliphatic carbocycles. The zero-order valence-corrected chi connectivity index (χ0v) is 10.0. The summed E-state index contributed by atoms with van der Waals surface area (Å²) in [4.78, 5) is 2.48. The maximum absolute atomic E-state index is 9.47. The van der Waals surface area contributed by atoms with Gasteiger partial charge >= 0.3 is 0 Å². The van der Waals surface area contributed by atoms with Crippen molar-refractivity contribution < 1.29 is 4.74 Å². The van der Waals surface area contributed by atoms with Crippen LogP contribution in [0, 0.1) is 11.3 Å². The zero-order chi connectivity index (χ0) is 11.4. The van der Waals surface area contributed by atoms with Crippen LogP contribution in [-0.2, 0) is 4.74 Å². The fraction of sp³-hybridized carbons (Fsp3) is 0.917. The van der Waals surface area contributed by atoms with Gasteiger partial charge in [-0.3, -0.25) is 10.2 Å². The molecule has 2 aliphatic heterocycles. The molecule has 0 bridgehead atoms. The standard InChI is InChI=1S/C12H21N3O/c1-16-9-6-14-12(10-13)5-8-15-7-3-2-4-11(12)15/h11,14H,2-9H2,1H3. The van der Waals surface area contributed by atoms with Gasteiger partial charge in [-0.2, -0.15) is 5.26 Å². The average molecular weight is 223 g/mol. The first kappa shape index (κ1) is 11.8. The summed E-state index contributed by atoms with van der Waals surface area (Å²) in [5.74, 6) is 0. The summed E-state index contributed by atoms with van der Waals surface area (Å²) >= 11 is 0. The lowest BCUT2D eigenvalue weighted by molar-refractivity contribution is 0.147. The molecule has 0 radical (unpaired) electrons. The number of nitriles is 1. The summed E-state index contributed by atoms with van der Waals surface area (Å²) in [6, 6.07) is 2.95. The van der Waals surface area contributed by atoms with Crippen LogP contribution in [-0.4, -0.2) is 49.8 Å². The molecule has 2 atom stereocenters. The van der Waals surface area contributed by atoms with E-state index in [-0.39, 0.29) is 5.54 Å². The van der Waals surface area contributed by atoms with Crippen LogP contribution in [0.3, 0.4) is 0 Å². The highest BCUT2D eigenvalue weighted by molar-refractivity contribution is 5.19. The van der Waals surface area contributed by atoms with E-state index in [0.29, 0.717) is 12.6 Å². The van der Waals surface area contributed by atoms with E-state index in [4.69, 9.17) is 4.74 Å². The second-order valence-corrected chi connectivity index (χ2v) is 4.80. The lowest BCUT2D eigenvalue weighted by atomic mass is 9.86. The van der Waals surface area contributed by atoms with Crippen molar-refractivity contribution in [2.75, 3.05) is 33.4 Å². The summed E-state index contributed by atoms with van der Waals surface area (Å²) in [7, 11) is 1.70. The molecule has 0 spiro atoms. The Morgan fingerprint density at radius 1 is 1.50 bits per heavy atom. The SMILES string of the molecule is COCCNC1(C#N)CCN2CCCCC21. The van der Waals surface area contributed by atoms with Gasteiger partial charge in [0.05, 0.1) is 12.7 Å². The first-order chi connectivity index (χ1) is 7.82. The molecule has 4 heteroatoms. The number of hydrogen-bond acceptors (Lipinski definition) is 4. The molecule has 2 aliphatic rings. The molecule has 2 saturated heterocycles. The largest absolute Gasteiger partial charge is 0.383 e. The van der Waals surface area contributed by atoms with Crippen molar-refractivity contribution in [2.24, 2.45) is 0 Å². The quantitative estimate of drug-likeness (QED) is 0.714. The Labute approximate surface area is 97.6 Å². The van der Waals surface area contributed by atoms with Gasteiger partial charge in [0.25, 0.3) is 0 Å². The molecule has 16 heavy (non-hydrogen) atoms. The van der Waals surface area contributed by atoms with E-state index in [1.54, 1.807) is 7.11 Å². The molecule has 2 unspecified atom stereocenters. The van der Waals surface area contributed by atoms with E-state index in [1.807, 2.05) is 0 Å². The fourth-order valence-corrected chi connectivity index (χ4v) is 3.06. The predicted molar refractivity (Wildman–Crippen MR) is 62.1 cm³/mol. The predicted octanol–water partition coefficient (Wildman–Crippen LogP) is 0.743. The van der Waals surface area contributed by atoms with Gasteiger partial charge in [0.2, 0.25) is 0 Å². The zero-order valence-electron chi connectivity index (χ0n) is 10.0. The van der Waals surface area contributed by atoms with Crippen LogP contribution in [0.25, 0.3) is 0 Å². The minimum absolute atomic E-state index is 0.320. The minimum atomic E-state index is -0.320. The van der Waals surface area contributed by atoms with Crippen molar-refractivity contribution in [1.29, 1.82) is 5.26 Å². The van der Waals surface area contributed by atoms with Gasteiger partial charge in [0, 0.05) is 26.2 Å². The monoisotopic (exact) mass is 223 g/mol. The Morgan fingerprint density at radius 2 is 2.38 bits per heavy atom. The number of methoxy groups -OCH3 is 1. The smallest absolute Gasteiger partial charge is 0.123 e. The van der Waals surface area contributed by atoms with Gasteiger partial charge in [0.15, 0.2) is 0 Å². The molecule has 0 aromatic rings. The molecule has 0 amide bonds. The lowest BCUT2D eigenvalue weighted by Crippen LogP contribution is -2.55. The van der Waals surface area contributed by atoms with Crippen molar-refractivity contribution in [3.63, 3.8) is 0 Å². The molecular weight excluding hydrogens is 202 g/mol. The van der Waals surface area contributed by atoms with Crippen molar-refractivity contribution >= 4 is 0 Å². The number of nitrogens with zero attached hydrogens (tertiary/aromatic N) is 2. The average Bonchev–Trinajstić information content (AvgIpc) is 2.70. The van der Waals surface area contributed by atoms with Crippen LogP contribution < -0.4 is 5.32 Å². The van der Waals surface area contributed by atoms with Crippen molar-refractivity contribution in [3.8, 4) is 6.07 Å². The Balaban J connectivity index is 2.00. The van der Waals surface area contributed by atoms with Gasteiger partial charge in [-0.05, 0) is 25.8 Å². The highest BCUT2D eigenvalue weighted by atomic mass is 16.5. The van der Waals surface area contributed by atoms with Gasteiger partial charge in [-0.1, -0.05) is 6.42 Å². The van der Waals surface area contributed by atoms with E-state index >= 15 is 0 Å². The summed E-state index contributed by atoms with van der Waals surface area (Å²) in [5, 5.41) is 12.9. The molecular formula is C12H21N3O. The highest BCUT2D eigenvalue weighted by Crippen LogP contribution is 2.34. The summed E-state index contributed by atoms with van der Waals surface area (Å²) in [5.41, 5.74) is -0.320. The number of piperidine rings is 1. The van der Waals surface area contributed by atoms with Crippen LogP contribution in [0.2, 0.25) is 0 Å². The van der Waals surface area contributed by atoms with Crippen LogP contribution in [0.1, 0.15) is 25.7 Å². The third-order valence-electron chi connectivity index (χ3n) is 3.92. The summed E-state index contributed by atoms with van der Waals surface area (Å²) in [6.07, 6.45) is 4.66. The maximum Gasteiger partial charge on any atom is 0.123 e. The fourth-order valence-electron chi connectivity index (χ4n) is 3.06. The van der Waals surface area contributed by atoms with E-state index in [2.05, 4.69) is 16.3 Å². The van der Waals surface area contributed by atoms with Crippen LogP contribution in [0.5, 0.6) is 0 Å². The summed E-state index contributed by atoms with van der Waals surface area (Å²) in [6.45, 7) is 3.68. The Kier molecular flexibility index (Phi) is 3.80. The van der Waals surface area contributed by atoms with Crippen LogP contribution in [0.4, 0.5) is 0 Å². The molecule has 2 fully saturated rings. The van der Waals surface area contributed by atoms with Gasteiger partial charge in [-0.25, -0.2) is 0 Å². The highest BCUT2D eigenvalue weighted by Gasteiger charge is 2.47. The van der Waals surface area contributed by atoms with Crippen LogP contribution in [0.15, 0.2) is 0 Å². The number of nitrogens with one attached hydrogen (secondary N) is 1. The lowest BCUT2D eigenvalue weighted by Gasteiger charge is -2.37. The van der Waals surface area contributed by atoms with Crippen molar-refractivity contribution in [3.05, 3.63) is 0 Å². The molecule has 0 aromatic heterocycles. The summed E-state index contributed by atoms with van der Waals surface area (Å²) < 4.78 is 5.04. The van der Waals surface area contributed by atoms with Crippen molar-refractivity contribution in [1.82, 2.24) is 10.2 Å². The topological polar surface area (TPSA) is 48.3 Å². The van der Waals surface area contributed by atoms with Gasteiger partial charge in [0.1, 0.15) is 5.54 Å².